The fourth-order valence-corrected chi connectivity index (χ4v) is 1.97. The lowest BCUT2D eigenvalue weighted by atomic mass is 10.0. The van der Waals surface area contributed by atoms with Crippen molar-refractivity contribution in [2.45, 2.75) is 90.2 Å². The molecular weight excluding hydrogens is 222 g/mol. The highest BCUT2D eigenvalue weighted by Crippen LogP contribution is 2.10. The first-order valence-corrected chi connectivity index (χ1v) is 7.77. The van der Waals surface area contributed by atoms with Gasteiger partial charge < -0.3 is 10.8 Å². The SMILES string of the molecule is CCCCC=CCCCCCCCC(O)C(C)N. The summed E-state index contributed by atoms with van der Waals surface area (Å²) in [6.07, 6.45) is 16.5. The predicted molar refractivity (Wildman–Crippen MR) is 80.6 cm³/mol. The summed E-state index contributed by atoms with van der Waals surface area (Å²) in [6.45, 7) is 4.10. The molecule has 3 N–H and O–H groups in total. The van der Waals surface area contributed by atoms with E-state index in [0.717, 1.165) is 12.8 Å². The molecule has 2 nitrogen and oxygen atoms in total. The van der Waals surface area contributed by atoms with E-state index < -0.39 is 0 Å². The van der Waals surface area contributed by atoms with E-state index in [1.54, 1.807) is 0 Å². The first kappa shape index (κ1) is 17.7. The largest absolute Gasteiger partial charge is 0.392 e. The molecule has 0 aliphatic carbocycles. The number of hydrogen-bond donors (Lipinski definition) is 2. The van der Waals surface area contributed by atoms with E-state index >= 15 is 0 Å². The normalized spacial score (nSPS) is 15.1. The highest BCUT2D eigenvalue weighted by atomic mass is 16.3. The highest BCUT2D eigenvalue weighted by molar-refractivity contribution is 4.81. The molecule has 0 fully saturated rings. The molecular formula is C16H33NO. The standard InChI is InChI=1S/C16H33NO/c1-3-4-5-6-7-8-9-10-11-12-13-14-16(18)15(2)17/h6-7,15-16,18H,3-5,8-14,17H2,1-2H3. The second-order valence-corrected chi connectivity index (χ2v) is 5.39. The molecule has 0 spiro atoms. The van der Waals surface area contributed by atoms with Crippen molar-refractivity contribution in [2.24, 2.45) is 5.73 Å². The molecule has 2 heteroatoms. The molecule has 108 valence electrons. The van der Waals surface area contributed by atoms with Gasteiger partial charge in [-0.3, -0.25) is 0 Å². The molecule has 2 atom stereocenters. The summed E-state index contributed by atoms with van der Waals surface area (Å²) in [4.78, 5) is 0. The lowest BCUT2D eigenvalue weighted by Gasteiger charge is -2.13. The molecule has 0 saturated heterocycles. The monoisotopic (exact) mass is 255 g/mol. The van der Waals surface area contributed by atoms with E-state index in [0.29, 0.717) is 0 Å². The van der Waals surface area contributed by atoms with Gasteiger partial charge in [0.2, 0.25) is 0 Å². The van der Waals surface area contributed by atoms with Gasteiger partial charge in [-0.15, -0.1) is 0 Å². The van der Waals surface area contributed by atoms with Gasteiger partial charge in [0.05, 0.1) is 6.10 Å². The Kier molecular flexibility index (Phi) is 12.9. The second kappa shape index (κ2) is 13.1. The molecule has 0 aliphatic rings. The zero-order valence-electron chi connectivity index (χ0n) is 12.4. The van der Waals surface area contributed by atoms with Crippen molar-refractivity contribution in [3.8, 4) is 0 Å². The van der Waals surface area contributed by atoms with Crippen molar-refractivity contribution < 1.29 is 5.11 Å². The number of aliphatic hydroxyl groups is 1. The number of aliphatic hydroxyl groups excluding tert-OH is 1. The van der Waals surface area contributed by atoms with Crippen LogP contribution in [-0.2, 0) is 0 Å². The minimum atomic E-state index is -0.313. The summed E-state index contributed by atoms with van der Waals surface area (Å²) in [6, 6.07) is -0.0849. The summed E-state index contributed by atoms with van der Waals surface area (Å²) in [5.41, 5.74) is 5.61. The molecule has 0 bridgehead atoms. The molecule has 0 aromatic carbocycles. The van der Waals surface area contributed by atoms with Gasteiger partial charge in [-0.2, -0.15) is 0 Å². The van der Waals surface area contributed by atoms with Crippen molar-refractivity contribution in [3.05, 3.63) is 12.2 Å². The van der Waals surface area contributed by atoms with Crippen LogP contribution in [-0.4, -0.2) is 17.3 Å². The van der Waals surface area contributed by atoms with Gasteiger partial charge in [-0.25, -0.2) is 0 Å². The minimum Gasteiger partial charge on any atom is -0.392 e. The maximum absolute atomic E-state index is 9.54. The van der Waals surface area contributed by atoms with E-state index in [-0.39, 0.29) is 12.1 Å². The van der Waals surface area contributed by atoms with Gasteiger partial charge in [0.15, 0.2) is 0 Å². The van der Waals surface area contributed by atoms with Crippen LogP contribution in [0.25, 0.3) is 0 Å². The van der Waals surface area contributed by atoms with Crippen LogP contribution in [0.3, 0.4) is 0 Å². The quantitative estimate of drug-likeness (QED) is 0.406. The first-order valence-electron chi connectivity index (χ1n) is 7.77. The molecule has 0 amide bonds. The summed E-state index contributed by atoms with van der Waals surface area (Å²) in [5.74, 6) is 0. The van der Waals surface area contributed by atoms with E-state index in [9.17, 15) is 5.11 Å². The molecule has 0 aromatic heterocycles. The van der Waals surface area contributed by atoms with Gasteiger partial charge in [-0.05, 0) is 32.6 Å². The maximum Gasteiger partial charge on any atom is 0.0688 e. The van der Waals surface area contributed by atoms with Gasteiger partial charge in [0.25, 0.3) is 0 Å². The zero-order valence-corrected chi connectivity index (χ0v) is 12.4. The number of rotatable bonds is 12. The van der Waals surface area contributed by atoms with Crippen molar-refractivity contribution >= 4 is 0 Å². The third-order valence-electron chi connectivity index (χ3n) is 3.37. The predicted octanol–water partition coefficient (Wildman–Crippen LogP) is 4.17. The Balaban J connectivity index is 3.14. The van der Waals surface area contributed by atoms with Crippen LogP contribution in [0, 0.1) is 0 Å². The van der Waals surface area contributed by atoms with E-state index in [4.69, 9.17) is 5.73 Å². The topological polar surface area (TPSA) is 46.2 Å². The lowest BCUT2D eigenvalue weighted by molar-refractivity contribution is 0.138. The Labute approximate surface area is 114 Å². The van der Waals surface area contributed by atoms with Crippen LogP contribution < -0.4 is 5.73 Å². The lowest BCUT2D eigenvalue weighted by Crippen LogP contribution is -2.31. The summed E-state index contributed by atoms with van der Waals surface area (Å²) in [5, 5.41) is 9.54. The number of nitrogens with two attached hydrogens (primary N) is 1. The van der Waals surface area contributed by atoms with Crippen molar-refractivity contribution in [1.29, 1.82) is 0 Å². The van der Waals surface area contributed by atoms with Gasteiger partial charge >= 0.3 is 0 Å². The van der Waals surface area contributed by atoms with Crippen LogP contribution in [0.5, 0.6) is 0 Å². The Hall–Kier alpha value is -0.340. The maximum atomic E-state index is 9.54. The summed E-state index contributed by atoms with van der Waals surface area (Å²) in [7, 11) is 0. The molecule has 0 saturated carbocycles. The third kappa shape index (κ3) is 12.1. The Morgan fingerprint density at radius 2 is 1.50 bits per heavy atom. The van der Waals surface area contributed by atoms with Crippen LogP contribution in [0.4, 0.5) is 0 Å². The molecule has 0 aromatic rings. The van der Waals surface area contributed by atoms with Gasteiger partial charge in [0, 0.05) is 6.04 Å². The fraction of sp³-hybridized carbons (Fsp3) is 0.875. The molecule has 2 unspecified atom stereocenters. The molecule has 0 aliphatic heterocycles. The summed E-state index contributed by atoms with van der Waals surface area (Å²) >= 11 is 0. The smallest absolute Gasteiger partial charge is 0.0688 e. The van der Waals surface area contributed by atoms with Crippen LogP contribution in [0.2, 0.25) is 0 Å². The fourth-order valence-electron chi connectivity index (χ4n) is 1.97. The van der Waals surface area contributed by atoms with Crippen LogP contribution in [0.15, 0.2) is 12.2 Å². The van der Waals surface area contributed by atoms with E-state index in [2.05, 4.69) is 19.1 Å². The van der Waals surface area contributed by atoms with Crippen LogP contribution in [0.1, 0.15) is 78.1 Å². The van der Waals surface area contributed by atoms with E-state index in [1.165, 1.54) is 51.4 Å². The van der Waals surface area contributed by atoms with Gasteiger partial charge in [-0.1, -0.05) is 57.6 Å². The molecule has 0 heterocycles. The number of hydrogen-bond acceptors (Lipinski definition) is 2. The Morgan fingerprint density at radius 3 is 2.11 bits per heavy atom. The average molecular weight is 255 g/mol. The van der Waals surface area contributed by atoms with Gasteiger partial charge in [0.1, 0.15) is 0 Å². The summed E-state index contributed by atoms with van der Waals surface area (Å²) < 4.78 is 0. The molecule has 18 heavy (non-hydrogen) atoms. The number of unbranched alkanes of at least 4 members (excludes halogenated alkanes) is 7. The Bertz CT molecular complexity index is 190. The van der Waals surface area contributed by atoms with Crippen LogP contribution >= 0.6 is 0 Å². The van der Waals surface area contributed by atoms with Crippen molar-refractivity contribution in [1.82, 2.24) is 0 Å². The molecule has 0 rings (SSSR count). The average Bonchev–Trinajstić information content (AvgIpc) is 2.35. The zero-order chi connectivity index (χ0) is 13.6. The third-order valence-corrected chi connectivity index (χ3v) is 3.37. The second-order valence-electron chi connectivity index (χ2n) is 5.39. The van der Waals surface area contributed by atoms with Crippen molar-refractivity contribution in [3.63, 3.8) is 0 Å². The van der Waals surface area contributed by atoms with Crippen molar-refractivity contribution in [2.75, 3.05) is 0 Å². The molecule has 0 radical (unpaired) electrons. The van der Waals surface area contributed by atoms with E-state index in [1.807, 2.05) is 6.92 Å². The Morgan fingerprint density at radius 1 is 0.944 bits per heavy atom. The minimum absolute atomic E-state index is 0.0849. The first-order chi connectivity index (χ1) is 8.68. The number of allylic oxidation sites excluding steroid dienone is 2. The highest BCUT2D eigenvalue weighted by Gasteiger charge is 2.07.